The van der Waals surface area contributed by atoms with Gasteiger partial charge in [-0.3, -0.25) is 10.3 Å². The Morgan fingerprint density at radius 2 is 2.12 bits per heavy atom. The number of hydrogen-bond donors (Lipinski definition) is 1. The molecule has 0 spiro atoms. The molecule has 0 saturated carbocycles. The van der Waals surface area contributed by atoms with E-state index in [0.717, 1.165) is 10.2 Å². The van der Waals surface area contributed by atoms with Gasteiger partial charge in [0.05, 0.1) is 12.7 Å². The molecule has 0 bridgehead atoms. The van der Waals surface area contributed by atoms with Crippen molar-refractivity contribution in [3.05, 3.63) is 46.1 Å². The lowest BCUT2D eigenvalue weighted by atomic mass is 10.1. The zero-order valence-electron chi connectivity index (χ0n) is 8.57. The highest BCUT2D eigenvalue weighted by Gasteiger charge is 2.17. The summed E-state index contributed by atoms with van der Waals surface area (Å²) in [5.74, 6) is -0.339. The van der Waals surface area contributed by atoms with Crippen LogP contribution >= 0.6 is 15.9 Å². The van der Waals surface area contributed by atoms with Crippen molar-refractivity contribution in [3.63, 3.8) is 0 Å². The number of esters is 1. The van der Waals surface area contributed by atoms with E-state index in [4.69, 9.17) is 4.84 Å². The fourth-order valence-corrected chi connectivity index (χ4v) is 1.75. The molecule has 1 aliphatic heterocycles. The number of carbonyl (C=O) groups is 1. The maximum atomic E-state index is 11.2. The molecule has 1 unspecified atom stereocenters. The Labute approximate surface area is 101 Å². The SMILES string of the molecule is COC(=O)c1ccc(C2C=C(Br)NO2)cc1. The second-order valence-electron chi connectivity index (χ2n) is 3.27. The second-order valence-corrected chi connectivity index (χ2v) is 4.12. The second kappa shape index (κ2) is 4.67. The number of benzene rings is 1. The Morgan fingerprint density at radius 3 is 2.62 bits per heavy atom. The van der Waals surface area contributed by atoms with Gasteiger partial charge in [-0.2, -0.15) is 0 Å². The van der Waals surface area contributed by atoms with Crippen LogP contribution < -0.4 is 5.48 Å². The monoisotopic (exact) mass is 283 g/mol. The van der Waals surface area contributed by atoms with Crippen molar-refractivity contribution in [1.29, 1.82) is 0 Å². The maximum absolute atomic E-state index is 11.2. The summed E-state index contributed by atoms with van der Waals surface area (Å²) in [6, 6.07) is 7.09. The molecule has 1 aromatic rings. The summed E-state index contributed by atoms with van der Waals surface area (Å²) in [4.78, 5) is 16.5. The number of nitrogens with one attached hydrogen (secondary N) is 1. The molecule has 0 radical (unpaired) electrons. The van der Waals surface area contributed by atoms with Crippen molar-refractivity contribution in [2.24, 2.45) is 0 Å². The number of ether oxygens (including phenoxy) is 1. The van der Waals surface area contributed by atoms with Crippen LogP contribution in [0.2, 0.25) is 0 Å². The van der Waals surface area contributed by atoms with E-state index in [1.165, 1.54) is 7.11 Å². The Balaban J connectivity index is 2.16. The van der Waals surface area contributed by atoms with Gasteiger partial charge in [-0.1, -0.05) is 12.1 Å². The summed E-state index contributed by atoms with van der Waals surface area (Å²) in [5, 5.41) is 0. The summed E-state index contributed by atoms with van der Waals surface area (Å²) in [5.41, 5.74) is 4.20. The Kier molecular flexibility index (Phi) is 3.26. The molecule has 1 aliphatic rings. The van der Waals surface area contributed by atoms with E-state index in [1.807, 2.05) is 18.2 Å². The minimum Gasteiger partial charge on any atom is -0.465 e. The van der Waals surface area contributed by atoms with Gasteiger partial charge in [-0.25, -0.2) is 4.79 Å². The van der Waals surface area contributed by atoms with Crippen molar-refractivity contribution < 1.29 is 14.4 Å². The molecule has 2 rings (SSSR count). The fraction of sp³-hybridized carbons (Fsp3) is 0.182. The normalized spacial score (nSPS) is 18.9. The van der Waals surface area contributed by atoms with Gasteiger partial charge in [0, 0.05) is 0 Å². The third-order valence-corrected chi connectivity index (χ3v) is 2.67. The van der Waals surface area contributed by atoms with Crippen LogP contribution in [0.25, 0.3) is 0 Å². The Bertz CT molecular complexity index is 427. The smallest absolute Gasteiger partial charge is 0.337 e. The average Bonchev–Trinajstić information content (AvgIpc) is 2.75. The highest BCUT2D eigenvalue weighted by Crippen LogP contribution is 2.26. The summed E-state index contributed by atoms with van der Waals surface area (Å²) in [6.07, 6.45) is 1.76. The standard InChI is InChI=1S/C11H10BrNO3/c1-15-11(14)8-4-2-7(3-5-8)9-6-10(12)13-16-9/h2-6,9,13H,1H3. The zero-order chi connectivity index (χ0) is 11.5. The summed E-state index contributed by atoms with van der Waals surface area (Å²) in [6.45, 7) is 0. The number of halogens is 1. The summed E-state index contributed by atoms with van der Waals surface area (Å²) >= 11 is 3.28. The zero-order valence-corrected chi connectivity index (χ0v) is 10.2. The molecule has 84 valence electrons. The van der Waals surface area contributed by atoms with Crippen LogP contribution in [0, 0.1) is 0 Å². The van der Waals surface area contributed by atoms with Crippen molar-refractivity contribution >= 4 is 21.9 Å². The Hall–Kier alpha value is -1.33. The lowest BCUT2D eigenvalue weighted by Crippen LogP contribution is -2.06. The quantitative estimate of drug-likeness (QED) is 0.668. The fourth-order valence-electron chi connectivity index (χ4n) is 1.41. The molecule has 4 nitrogen and oxygen atoms in total. The molecular formula is C11H10BrNO3. The van der Waals surface area contributed by atoms with E-state index in [9.17, 15) is 4.79 Å². The third-order valence-electron chi connectivity index (χ3n) is 2.24. The van der Waals surface area contributed by atoms with Gasteiger partial charge in [-0.15, -0.1) is 0 Å². The van der Waals surface area contributed by atoms with E-state index < -0.39 is 0 Å². The number of methoxy groups -OCH3 is 1. The summed E-state index contributed by atoms with van der Waals surface area (Å²) < 4.78 is 5.42. The molecule has 1 heterocycles. The first-order valence-corrected chi connectivity index (χ1v) is 5.47. The van der Waals surface area contributed by atoms with Crippen LogP contribution in [-0.4, -0.2) is 13.1 Å². The molecule has 0 amide bonds. The van der Waals surface area contributed by atoms with Gasteiger partial charge in [0.1, 0.15) is 10.7 Å². The highest BCUT2D eigenvalue weighted by molar-refractivity contribution is 9.11. The van der Waals surface area contributed by atoms with Crippen molar-refractivity contribution in [1.82, 2.24) is 5.48 Å². The lowest BCUT2D eigenvalue weighted by molar-refractivity contribution is 0.0457. The predicted molar refractivity (Wildman–Crippen MR) is 61.8 cm³/mol. The first kappa shape index (κ1) is 11.2. The van der Waals surface area contributed by atoms with Crippen LogP contribution in [-0.2, 0) is 9.57 Å². The first-order valence-electron chi connectivity index (χ1n) is 4.68. The molecule has 5 heteroatoms. The first-order chi connectivity index (χ1) is 7.70. The lowest BCUT2D eigenvalue weighted by Gasteiger charge is -2.07. The predicted octanol–water partition coefficient (Wildman–Crippen LogP) is 2.29. The molecule has 1 N–H and O–H groups in total. The summed E-state index contributed by atoms with van der Waals surface area (Å²) in [7, 11) is 1.36. The molecule has 1 aromatic carbocycles. The van der Waals surface area contributed by atoms with Crippen LogP contribution in [0.5, 0.6) is 0 Å². The van der Waals surface area contributed by atoms with Gasteiger partial charge in [0.2, 0.25) is 0 Å². The maximum Gasteiger partial charge on any atom is 0.337 e. The molecular weight excluding hydrogens is 274 g/mol. The van der Waals surface area contributed by atoms with Crippen LogP contribution in [0.15, 0.2) is 34.9 Å². The van der Waals surface area contributed by atoms with E-state index in [1.54, 1.807) is 12.1 Å². The van der Waals surface area contributed by atoms with Crippen molar-refractivity contribution in [2.45, 2.75) is 6.10 Å². The largest absolute Gasteiger partial charge is 0.465 e. The van der Waals surface area contributed by atoms with E-state index in [-0.39, 0.29) is 12.1 Å². The van der Waals surface area contributed by atoms with Gasteiger partial charge >= 0.3 is 5.97 Å². The van der Waals surface area contributed by atoms with E-state index in [2.05, 4.69) is 26.1 Å². The molecule has 0 aliphatic carbocycles. The Morgan fingerprint density at radius 1 is 1.44 bits per heavy atom. The molecule has 1 atom stereocenters. The number of carbonyl (C=O) groups excluding carboxylic acids is 1. The van der Waals surface area contributed by atoms with Crippen molar-refractivity contribution in [2.75, 3.05) is 7.11 Å². The highest BCUT2D eigenvalue weighted by atomic mass is 79.9. The van der Waals surface area contributed by atoms with Crippen LogP contribution in [0.3, 0.4) is 0 Å². The van der Waals surface area contributed by atoms with Gasteiger partial charge in [0.15, 0.2) is 0 Å². The number of hydroxylamine groups is 1. The molecule has 16 heavy (non-hydrogen) atoms. The van der Waals surface area contributed by atoms with Crippen LogP contribution in [0.1, 0.15) is 22.0 Å². The van der Waals surface area contributed by atoms with Crippen molar-refractivity contribution in [3.8, 4) is 0 Å². The van der Waals surface area contributed by atoms with Gasteiger partial charge < -0.3 is 4.74 Å². The average molecular weight is 284 g/mol. The van der Waals surface area contributed by atoms with Gasteiger partial charge in [0.25, 0.3) is 0 Å². The van der Waals surface area contributed by atoms with Gasteiger partial charge in [-0.05, 0) is 39.7 Å². The minimum atomic E-state index is -0.339. The number of hydrogen-bond acceptors (Lipinski definition) is 4. The third kappa shape index (κ3) is 2.25. The minimum absolute atomic E-state index is 0.138. The van der Waals surface area contributed by atoms with E-state index >= 15 is 0 Å². The molecule has 0 fully saturated rings. The topological polar surface area (TPSA) is 47.6 Å². The molecule has 0 aromatic heterocycles. The number of rotatable bonds is 2. The van der Waals surface area contributed by atoms with E-state index in [0.29, 0.717) is 5.56 Å². The van der Waals surface area contributed by atoms with Crippen LogP contribution in [0.4, 0.5) is 0 Å². The molecule has 0 saturated heterocycles.